The molecule has 6 nitrogen and oxygen atoms in total. The van der Waals surface area contributed by atoms with Crippen LogP contribution in [0.15, 0.2) is 48.8 Å². The summed E-state index contributed by atoms with van der Waals surface area (Å²) in [6.07, 6.45) is 3.70. The Hall–Kier alpha value is -2.89. The molecule has 1 saturated heterocycles. The van der Waals surface area contributed by atoms with Gasteiger partial charge in [0.15, 0.2) is 0 Å². The largest absolute Gasteiger partial charge is 0.494 e. The van der Waals surface area contributed by atoms with E-state index in [4.69, 9.17) is 4.74 Å². The number of hydrogen-bond donors (Lipinski definition) is 1. The summed E-state index contributed by atoms with van der Waals surface area (Å²) >= 11 is 0. The summed E-state index contributed by atoms with van der Waals surface area (Å²) in [5.74, 6) is 0.527. The maximum Gasteiger partial charge on any atom is 0.251 e. The van der Waals surface area contributed by atoms with Crippen LogP contribution in [0.5, 0.6) is 5.75 Å². The Labute approximate surface area is 146 Å². The molecule has 130 valence electrons. The Morgan fingerprint density at radius 3 is 2.72 bits per heavy atom. The fourth-order valence-corrected chi connectivity index (χ4v) is 3.13. The number of hydrogen-bond acceptors (Lipinski definition) is 4. The monoisotopic (exact) mass is 339 g/mol. The van der Waals surface area contributed by atoms with Crippen molar-refractivity contribution in [2.45, 2.75) is 25.4 Å². The van der Waals surface area contributed by atoms with Crippen molar-refractivity contribution in [1.82, 2.24) is 15.2 Å². The molecule has 6 heteroatoms. The number of pyridine rings is 1. The van der Waals surface area contributed by atoms with Crippen LogP contribution in [0.25, 0.3) is 0 Å². The zero-order valence-electron chi connectivity index (χ0n) is 14.3. The summed E-state index contributed by atoms with van der Waals surface area (Å²) in [5, 5.41) is 2.99. The third-order valence-corrected chi connectivity index (χ3v) is 4.36. The standard InChI is InChI=1S/C19H21N3O3/c1-3-25-15-8-6-13(7-9-15)19(24)21-16-11-17(23)22(2)18(16)14-5-4-10-20-12-14/h4-10,12,16,18H,3,11H2,1-2H3,(H,21,24)/t16-,18+/m1/s1. The quantitative estimate of drug-likeness (QED) is 0.906. The predicted octanol–water partition coefficient (Wildman–Crippen LogP) is 2.18. The van der Waals surface area contributed by atoms with Gasteiger partial charge in [-0.25, -0.2) is 0 Å². The van der Waals surface area contributed by atoms with Crippen LogP contribution in [0.1, 0.15) is 35.3 Å². The van der Waals surface area contributed by atoms with E-state index in [0.717, 1.165) is 11.3 Å². The van der Waals surface area contributed by atoms with Crippen molar-refractivity contribution < 1.29 is 14.3 Å². The second-order valence-corrected chi connectivity index (χ2v) is 5.98. The van der Waals surface area contributed by atoms with Gasteiger partial charge in [-0.15, -0.1) is 0 Å². The molecule has 0 saturated carbocycles. The lowest BCUT2D eigenvalue weighted by atomic mass is 10.0. The number of nitrogens with one attached hydrogen (secondary N) is 1. The summed E-state index contributed by atoms with van der Waals surface area (Å²) in [6, 6.07) is 10.2. The number of benzene rings is 1. The maximum absolute atomic E-state index is 12.6. The van der Waals surface area contributed by atoms with Crippen molar-refractivity contribution >= 4 is 11.8 Å². The molecule has 1 aliphatic heterocycles. The lowest BCUT2D eigenvalue weighted by Gasteiger charge is -2.25. The summed E-state index contributed by atoms with van der Waals surface area (Å²) < 4.78 is 5.39. The van der Waals surface area contributed by atoms with E-state index in [9.17, 15) is 9.59 Å². The first-order valence-electron chi connectivity index (χ1n) is 8.29. The molecule has 2 atom stereocenters. The van der Waals surface area contributed by atoms with Crippen molar-refractivity contribution in [2.24, 2.45) is 0 Å². The van der Waals surface area contributed by atoms with Gasteiger partial charge in [0.05, 0.1) is 18.7 Å². The molecule has 3 rings (SSSR count). The molecule has 0 aliphatic carbocycles. The molecule has 1 N–H and O–H groups in total. The van der Waals surface area contributed by atoms with E-state index in [1.165, 1.54) is 0 Å². The molecule has 1 fully saturated rings. The van der Waals surface area contributed by atoms with Crippen LogP contribution >= 0.6 is 0 Å². The minimum absolute atomic E-state index is 0.00541. The first kappa shape index (κ1) is 17.0. The number of amides is 2. The fraction of sp³-hybridized carbons (Fsp3) is 0.316. The molecular formula is C19H21N3O3. The van der Waals surface area contributed by atoms with Crippen LogP contribution in [-0.4, -0.2) is 41.4 Å². The van der Waals surface area contributed by atoms with Gasteiger partial charge in [0.2, 0.25) is 5.91 Å². The number of carbonyl (C=O) groups excluding carboxylic acids is 2. The highest BCUT2D eigenvalue weighted by Gasteiger charge is 2.39. The molecule has 0 unspecified atom stereocenters. The Kier molecular flexibility index (Phi) is 4.97. The first-order chi connectivity index (χ1) is 12.1. The van der Waals surface area contributed by atoms with Gasteiger partial charge in [0.1, 0.15) is 5.75 Å². The fourth-order valence-electron chi connectivity index (χ4n) is 3.13. The van der Waals surface area contributed by atoms with Crippen LogP contribution in [0.2, 0.25) is 0 Å². The topological polar surface area (TPSA) is 71.5 Å². The summed E-state index contributed by atoms with van der Waals surface area (Å²) in [5.41, 5.74) is 1.45. The SMILES string of the molecule is CCOc1ccc(C(=O)N[C@@H]2CC(=O)N(C)[C@H]2c2cccnc2)cc1. The molecule has 1 aromatic heterocycles. The Morgan fingerprint density at radius 2 is 2.08 bits per heavy atom. The van der Waals surface area contributed by atoms with Crippen LogP contribution < -0.4 is 10.1 Å². The van der Waals surface area contributed by atoms with E-state index in [-0.39, 0.29) is 30.3 Å². The third kappa shape index (κ3) is 3.63. The zero-order valence-corrected chi connectivity index (χ0v) is 14.3. The van der Waals surface area contributed by atoms with Crippen LogP contribution in [0.4, 0.5) is 0 Å². The Bertz CT molecular complexity index is 746. The van der Waals surface area contributed by atoms with Gasteiger partial charge >= 0.3 is 0 Å². The maximum atomic E-state index is 12.6. The van der Waals surface area contributed by atoms with Crippen molar-refractivity contribution in [1.29, 1.82) is 0 Å². The molecule has 2 aromatic rings. The van der Waals surface area contributed by atoms with Gasteiger partial charge in [0, 0.05) is 31.4 Å². The van der Waals surface area contributed by atoms with E-state index in [1.807, 2.05) is 19.1 Å². The van der Waals surface area contributed by atoms with Crippen LogP contribution in [0.3, 0.4) is 0 Å². The average molecular weight is 339 g/mol. The van der Waals surface area contributed by atoms with Gasteiger partial charge in [-0.3, -0.25) is 14.6 Å². The summed E-state index contributed by atoms with van der Waals surface area (Å²) in [6.45, 7) is 2.49. The number of likely N-dealkylation sites (tertiary alicyclic amines) is 1. The lowest BCUT2D eigenvalue weighted by molar-refractivity contribution is -0.127. The molecule has 0 radical (unpaired) electrons. The number of rotatable bonds is 5. The van der Waals surface area contributed by atoms with E-state index < -0.39 is 0 Å². The predicted molar refractivity (Wildman–Crippen MR) is 93.2 cm³/mol. The van der Waals surface area contributed by atoms with Crippen molar-refractivity contribution in [3.8, 4) is 5.75 Å². The second-order valence-electron chi connectivity index (χ2n) is 5.98. The summed E-state index contributed by atoms with van der Waals surface area (Å²) in [4.78, 5) is 30.5. The van der Waals surface area contributed by atoms with Gasteiger partial charge in [0.25, 0.3) is 5.91 Å². The van der Waals surface area contributed by atoms with Crippen LogP contribution in [0, 0.1) is 0 Å². The van der Waals surface area contributed by atoms with Gasteiger partial charge in [-0.1, -0.05) is 6.07 Å². The highest BCUT2D eigenvalue weighted by molar-refractivity contribution is 5.95. The number of likely N-dealkylation sites (N-methyl/N-ethyl adjacent to an activating group) is 1. The molecule has 25 heavy (non-hydrogen) atoms. The number of ether oxygens (including phenoxy) is 1. The van der Waals surface area contributed by atoms with E-state index in [0.29, 0.717) is 12.2 Å². The minimum Gasteiger partial charge on any atom is -0.494 e. The molecule has 1 aliphatic rings. The molecule has 0 spiro atoms. The van der Waals surface area contributed by atoms with Gasteiger partial charge in [-0.2, -0.15) is 0 Å². The zero-order chi connectivity index (χ0) is 17.8. The minimum atomic E-state index is -0.291. The number of carbonyl (C=O) groups is 2. The molecular weight excluding hydrogens is 318 g/mol. The number of nitrogens with zero attached hydrogens (tertiary/aromatic N) is 2. The van der Waals surface area contributed by atoms with E-state index >= 15 is 0 Å². The van der Waals surface area contributed by atoms with E-state index in [2.05, 4.69) is 10.3 Å². The Morgan fingerprint density at radius 1 is 1.32 bits per heavy atom. The van der Waals surface area contributed by atoms with Crippen LogP contribution in [-0.2, 0) is 4.79 Å². The van der Waals surface area contributed by atoms with Crippen molar-refractivity contribution in [3.05, 3.63) is 59.9 Å². The van der Waals surface area contributed by atoms with Gasteiger partial charge in [-0.05, 0) is 42.8 Å². The highest BCUT2D eigenvalue weighted by atomic mass is 16.5. The smallest absolute Gasteiger partial charge is 0.251 e. The van der Waals surface area contributed by atoms with Crippen molar-refractivity contribution in [3.63, 3.8) is 0 Å². The highest BCUT2D eigenvalue weighted by Crippen LogP contribution is 2.31. The molecule has 2 heterocycles. The Balaban J connectivity index is 1.76. The molecule has 1 aromatic carbocycles. The molecule has 2 amide bonds. The normalized spacial score (nSPS) is 19.8. The lowest BCUT2D eigenvalue weighted by Crippen LogP contribution is -2.39. The molecule has 0 bridgehead atoms. The van der Waals surface area contributed by atoms with Crippen molar-refractivity contribution in [2.75, 3.05) is 13.7 Å². The average Bonchev–Trinajstić information content (AvgIpc) is 2.90. The van der Waals surface area contributed by atoms with Gasteiger partial charge < -0.3 is 15.0 Å². The second kappa shape index (κ2) is 7.34. The number of aromatic nitrogens is 1. The third-order valence-electron chi connectivity index (χ3n) is 4.36. The van der Waals surface area contributed by atoms with E-state index in [1.54, 1.807) is 48.6 Å². The summed E-state index contributed by atoms with van der Waals surface area (Å²) in [7, 11) is 1.75. The first-order valence-corrected chi connectivity index (χ1v) is 8.29.